The Balaban J connectivity index is 1.44. The smallest absolute Gasteiger partial charge is 0.260 e. The lowest BCUT2D eigenvalue weighted by Gasteiger charge is -2.30. The van der Waals surface area contributed by atoms with Crippen LogP contribution in [0.5, 0.6) is 5.75 Å². The van der Waals surface area contributed by atoms with E-state index in [2.05, 4.69) is 5.10 Å². The van der Waals surface area contributed by atoms with Gasteiger partial charge in [0.2, 0.25) is 10.0 Å². The summed E-state index contributed by atoms with van der Waals surface area (Å²) >= 11 is 1.42. The van der Waals surface area contributed by atoms with E-state index in [-0.39, 0.29) is 16.8 Å². The lowest BCUT2D eigenvalue weighted by Crippen LogP contribution is -2.38. The van der Waals surface area contributed by atoms with Crippen molar-refractivity contribution in [2.75, 3.05) is 25.1 Å². The average molecular weight is 596 g/mol. The Kier molecular flexibility index (Phi) is 8.77. The van der Waals surface area contributed by atoms with Gasteiger partial charge in [0.05, 0.1) is 28.4 Å². The molecule has 11 heteroatoms. The summed E-state index contributed by atoms with van der Waals surface area (Å²) in [7, 11) is -2.00. The maximum atomic E-state index is 14.0. The van der Waals surface area contributed by atoms with Crippen LogP contribution in [-0.2, 0) is 16.6 Å². The number of aromatic nitrogens is 3. The van der Waals surface area contributed by atoms with E-state index in [0.717, 1.165) is 48.2 Å². The predicted octanol–water partition coefficient (Wildman–Crippen LogP) is 5.81. The van der Waals surface area contributed by atoms with E-state index in [0.29, 0.717) is 41.7 Å². The number of para-hydroxylation sites is 1. The summed E-state index contributed by atoms with van der Waals surface area (Å²) in [6.45, 7) is 7.19. The first-order valence-corrected chi connectivity index (χ1v) is 16.4. The predicted molar refractivity (Wildman–Crippen MR) is 162 cm³/mol. The quantitative estimate of drug-likeness (QED) is 0.230. The first-order chi connectivity index (χ1) is 19.7. The van der Waals surface area contributed by atoms with E-state index in [1.165, 1.54) is 27.8 Å². The normalized spacial score (nSPS) is 14.6. The van der Waals surface area contributed by atoms with Gasteiger partial charge in [-0.15, -0.1) is 0 Å². The zero-order valence-corrected chi connectivity index (χ0v) is 25.7. The van der Waals surface area contributed by atoms with E-state index >= 15 is 0 Å². The zero-order valence-electron chi connectivity index (χ0n) is 24.0. The van der Waals surface area contributed by atoms with Crippen LogP contribution >= 0.6 is 11.3 Å². The highest BCUT2D eigenvalue weighted by Gasteiger charge is 2.30. The molecule has 2 heterocycles. The molecule has 2 aromatic heterocycles. The van der Waals surface area contributed by atoms with Gasteiger partial charge in [0, 0.05) is 30.9 Å². The van der Waals surface area contributed by atoms with Crippen LogP contribution in [0.2, 0.25) is 0 Å². The second-order valence-electron chi connectivity index (χ2n) is 10.5. The largest absolute Gasteiger partial charge is 0.492 e. The van der Waals surface area contributed by atoms with Crippen molar-refractivity contribution in [3.05, 3.63) is 65.5 Å². The molecule has 0 aliphatic heterocycles. The Morgan fingerprint density at radius 2 is 1.83 bits per heavy atom. The van der Waals surface area contributed by atoms with Crippen LogP contribution in [0.25, 0.3) is 10.2 Å². The number of nitrogens with zero attached hydrogens (tertiary/aromatic N) is 5. The summed E-state index contributed by atoms with van der Waals surface area (Å²) in [5.74, 6) is 0.420. The minimum atomic E-state index is -3.66. The Morgan fingerprint density at radius 1 is 1.10 bits per heavy atom. The molecule has 4 aromatic rings. The zero-order chi connectivity index (χ0) is 29.1. The minimum absolute atomic E-state index is 0.0144. The van der Waals surface area contributed by atoms with E-state index < -0.39 is 10.0 Å². The fourth-order valence-corrected chi connectivity index (χ4v) is 7.83. The average Bonchev–Trinajstić information content (AvgIpc) is 3.55. The van der Waals surface area contributed by atoms with Gasteiger partial charge in [-0.3, -0.25) is 14.4 Å². The molecule has 0 N–H and O–H groups in total. The van der Waals surface area contributed by atoms with Gasteiger partial charge in [-0.05, 0) is 76.1 Å². The highest BCUT2D eigenvalue weighted by Crippen LogP contribution is 2.35. The maximum absolute atomic E-state index is 14.0. The van der Waals surface area contributed by atoms with Gasteiger partial charge >= 0.3 is 0 Å². The number of hydrogen-bond acceptors (Lipinski definition) is 7. The summed E-state index contributed by atoms with van der Waals surface area (Å²) in [4.78, 5) is 20.6. The minimum Gasteiger partial charge on any atom is -0.492 e. The van der Waals surface area contributed by atoms with Gasteiger partial charge in [-0.25, -0.2) is 13.4 Å². The van der Waals surface area contributed by atoms with Gasteiger partial charge < -0.3 is 4.74 Å². The molecule has 2 aromatic carbocycles. The molecule has 9 nitrogen and oxygen atoms in total. The van der Waals surface area contributed by atoms with Crippen molar-refractivity contribution in [1.29, 1.82) is 0 Å². The molecule has 0 radical (unpaired) electrons. The molecular weight excluding hydrogens is 558 g/mol. The molecule has 1 aliphatic carbocycles. The number of carbonyl (C=O) groups is 1. The molecule has 5 rings (SSSR count). The first-order valence-electron chi connectivity index (χ1n) is 14.1. The molecule has 41 heavy (non-hydrogen) atoms. The lowest BCUT2D eigenvalue weighted by atomic mass is 9.96. The van der Waals surface area contributed by atoms with Gasteiger partial charge in [0.1, 0.15) is 11.3 Å². The van der Waals surface area contributed by atoms with Gasteiger partial charge in [0.25, 0.3) is 5.91 Å². The Labute approximate surface area is 245 Å². The third kappa shape index (κ3) is 6.17. The lowest BCUT2D eigenvalue weighted by molar-refractivity contribution is 0.0985. The molecule has 0 bridgehead atoms. The van der Waals surface area contributed by atoms with E-state index in [9.17, 15) is 13.2 Å². The van der Waals surface area contributed by atoms with Crippen LogP contribution in [0, 0.1) is 13.8 Å². The molecule has 0 unspecified atom stereocenters. The molecule has 0 spiro atoms. The van der Waals surface area contributed by atoms with Crippen molar-refractivity contribution < 1.29 is 17.9 Å². The number of aryl methyl sites for hydroxylation is 2. The van der Waals surface area contributed by atoms with Crippen LogP contribution in [0.4, 0.5) is 5.13 Å². The Bertz CT molecular complexity index is 1620. The molecule has 1 aliphatic rings. The summed E-state index contributed by atoms with van der Waals surface area (Å²) < 4.78 is 36.8. The molecular formula is C30H37N5O4S2. The number of benzene rings is 2. The number of hydrogen-bond donors (Lipinski definition) is 0. The van der Waals surface area contributed by atoms with Crippen LogP contribution in [-0.4, -0.2) is 59.6 Å². The third-order valence-electron chi connectivity index (χ3n) is 7.65. The van der Waals surface area contributed by atoms with Crippen molar-refractivity contribution in [1.82, 2.24) is 19.1 Å². The van der Waals surface area contributed by atoms with Crippen molar-refractivity contribution in [3.63, 3.8) is 0 Å². The monoisotopic (exact) mass is 595 g/mol. The number of fused-ring (bicyclic) bond motifs is 1. The molecule has 1 fully saturated rings. The summed E-state index contributed by atoms with van der Waals surface area (Å²) in [6.07, 6.45) is 5.00. The molecule has 0 saturated heterocycles. The highest BCUT2D eigenvalue weighted by atomic mass is 32.2. The second kappa shape index (κ2) is 12.3. The number of sulfonamides is 1. The van der Waals surface area contributed by atoms with E-state index in [1.54, 1.807) is 24.1 Å². The molecule has 1 amide bonds. The van der Waals surface area contributed by atoms with E-state index in [4.69, 9.17) is 9.72 Å². The van der Waals surface area contributed by atoms with Crippen LogP contribution in [0.3, 0.4) is 0 Å². The summed E-state index contributed by atoms with van der Waals surface area (Å²) in [5, 5.41) is 5.10. The van der Waals surface area contributed by atoms with Gasteiger partial charge in [0.15, 0.2) is 5.13 Å². The number of ether oxygens (including phenoxy) is 1. The number of rotatable bonds is 10. The summed E-state index contributed by atoms with van der Waals surface area (Å²) in [5.41, 5.74) is 3.03. The summed E-state index contributed by atoms with van der Waals surface area (Å²) in [6, 6.07) is 14.0. The third-order valence-corrected chi connectivity index (χ3v) is 10.6. The fraction of sp³-hybridized carbons (Fsp3) is 0.433. The van der Waals surface area contributed by atoms with Gasteiger partial charge in [-0.2, -0.15) is 9.40 Å². The number of carbonyl (C=O) groups excluding carboxylic acids is 1. The van der Waals surface area contributed by atoms with Crippen molar-refractivity contribution in [2.45, 2.75) is 70.4 Å². The van der Waals surface area contributed by atoms with Crippen LogP contribution in [0.1, 0.15) is 60.8 Å². The number of thiazole rings is 1. The molecule has 0 atom stereocenters. The molecule has 218 valence electrons. The van der Waals surface area contributed by atoms with Crippen molar-refractivity contribution >= 4 is 42.6 Å². The Morgan fingerprint density at radius 3 is 2.49 bits per heavy atom. The van der Waals surface area contributed by atoms with Gasteiger partial charge in [-0.1, -0.05) is 36.7 Å². The Hall–Kier alpha value is -3.28. The van der Waals surface area contributed by atoms with Crippen molar-refractivity contribution in [3.8, 4) is 5.75 Å². The number of amides is 1. The van der Waals surface area contributed by atoms with Crippen molar-refractivity contribution in [2.24, 2.45) is 0 Å². The number of anilines is 1. The topological polar surface area (TPSA) is 97.6 Å². The van der Waals surface area contributed by atoms with Crippen LogP contribution in [0.15, 0.2) is 53.4 Å². The fourth-order valence-electron chi connectivity index (χ4n) is 5.41. The molecule has 1 saturated carbocycles. The standard InChI is InChI=1S/C30H37N5O4S2/c1-5-39-26-12-9-13-27-28(26)31-30(40-27)34(18-19-35-22(3)20-21(2)32-35)29(36)23-14-16-25(17-15-23)41(37,38)33(4)24-10-7-6-8-11-24/h9,12-17,20,24H,5-8,10-11,18-19H2,1-4H3. The second-order valence-corrected chi connectivity index (χ2v) is 13.5. The first kappa shape index (κ1) is 29.2. The van der Waals surface area contributed by atoms with Crippen LogP contribution < -0.4 is 9.64 Å². The maximum Gasteiger partial charge on any atom is 0.260 e. The SMILES string of the molecule is CCOc1cccc2sc(N(CCn3nc(C)cc3C)C(=O)c3ccc(S(=O)(=O)N(C)C4CCCCC4)cc3)nc12. The van der Waals surface area contributed by atoms with E-state index in [1.807, 2.05) is 49.7 Å². The highest BCUT2D eigenvalue weighted by molar-refractivity contribution is 7.89.